The van der Waals surface area contributed by atoms with Crippen molar-refractivity contribution in [3.8, 4) is 0 Å². The van der Waals surface area contributed by atoms with E-state index in [0.29, 0.717) is 23.0 Å². The van der Waals surface area contributed by atoms with Gasteiger partial charge in [0, 0.05) is 24.4 Å². The molecular formula is C15H19F2NOS. The number of carbonyl (C=O) groups is 1. The first-order valence-corrected chi connectivity index (χ1v) is 8.02. The summed E-state index contributed by atoms with van der Waals surface area (Å²) in [6, 6.07) is 4.14. The van der Waals surface area contributed by atoms with E-state index in [2.05, 4.69) is 6.92 Å². The monoisotopic (exact) mass is 299 g/mol. The number of benzene rings is 1. The number of hydrogen-bond donors (Lipinski definition) is 0. The van der Waals surface area contributed by atoms with E-state index in [1.807, 2.05) is 4.90 Å². The van der Waals surface area contributed by atoms with Gasteiger partial charge in [0.25, 0.3) is 0 Å². The second-order valence-corrected chi connectivity index (χ2v) is 6.25. The lowest BCUT2D eigenvalue weighted by Gasteiger charge is -2.30. The van der Waals surface area contributed by atoms with Gasteiger partial charge in [0.2, 0.25) is 5.91 Å². The average molecular weight is 299 g/mol. The highest BCUT2D eigenvalue weighted by Crippen LogP contribution is 2.20. The Morgan fingerprint density at radius 3 is 2.75 bits per heavy atom. The minimum Gasteiger partial charge on any atom is -0.342 e. The molecule has 110 valence electrons. The first kappa shape index (κ1) is 15.3. The van der Waals surface area contributed by atoms with Crippen LogP contribution in [-0.2, 0) is 10.5 Å². The lowest BCUT2D eigenvalue weighted by Crippen LogP contribution is -2.38. The maximum Gasteiger partial charge on any atom is 0.232 e. The number of halogens is 2. The van der Waals surface area contributed by atoms with Gasteiger partial charge in [-0.1, -0.05) is 19.1 Å². The standard InChI is InChI=1S/C15H19F2NOS/c1-11-5-7-18(8-6-11)14(19)10-20-9-12-3-2-4-13(16)15(12)17/h2-4,11H,5-10H2,1H3. The van der Waals surface area contributed by atoms with Crippen LogP contribution < -0.4 is 0 Å². The van der Waals surface area contributed by atoms with Gasteiger partial charge < -0.3 is 4.90 Å². The maximum atomic E-state index is 13.4. The summed E-state index contributed by atoms with van der Waals surface area (Å²) in [7, 11) is 0. The first-order chi connectivity index (χ1) is 9.58. The molecule has 2 rings (SSSR count). The lowest BCUT2D eigenvalue weighted by molar-refractivity contribution is -0.129. The molecule has 0 bridgehead atoms. The molecule has 0 spiro atoms. The van der Waals surface area contributed by atoms with Crippen LogP contribution in [0.15, 0.2) is 18.2 Å². The molecule has 5 heteroatoms. The van der Waals surface area contributed by atoms with Crippen LogP contribution in [0.3, 0.4) is 0 Å². The van der Waals surface area contributed by atoms with E-state index in [-0.39, 0.29) is 5.91 Å². The number of nitrogens with zero attached hydrogens (tertiary/aromatic N) is 1. The third-order valence-corrected chi connectivity index (χ3v) is 4.62. The largest absolute Gasteiger partial charge is 0.342 e. The molecule has 1 heterocycles. The van der Waals surface area contributed by atoms with Crippen LogP contribution in [0, 0.1) is 17.6 Å². The Morgan fingerprint density at radius 1 is 1.35 bits per heavy atom. The van der Waals surface area contributed by atoms with Crippen LogP contribution in [0.5, 0.6) is 0 Å². The molecule has 20 heavy (non-hydrogen) atoms. The number of likely N-dealkylation sites (tertiary alicyclic amines) is 1. The van der Waals surface area contributed by atoms with Crippen molar-refractivity contribution in [3.05, 3.63) is 35.4 Å². The molecular weight excluding hydrogens is 280 g/mol. The first-order valence-electron chi connectivity index (χ1n) is 6.86. The fourth-order valence-corrected chi connectivity index (χ4v) is 3.16. The van der Waals surface area contributed by atoms with E-state index >= 15 is 0 Å². The summed E-state index contributed by atoms with van der Waals surface area (Å²) < 4.78 is 26.5. The quantitative estimate of drug-likeness (QED) is 0.848. The van der Waals surface area contributed by atoms with Crippen LogP contribution in [0.25, 0.3) is 0 Å². The summed E-state index contributed by atoms with van der Waals surface area (Å²) in [6.45, 7) is 3.83. The molecule has 0 radical (unpaired) electrons. The number of amides is 1. The Kier molecular flexibility index (Phi) is 5.40. The van der Waals surface area contributed by atoms with E-state index in [9.17, 15) is 13.6 Å². The molecule has 2 nitrogen and oxygen atoms in total. The van der Waals surface area contributed by atoms with Crippen molar-refractivity contribution in [2.45, 2.75) is 25.5 Å². The molecule has 0 atom stereocenters. The fourth-order valence-electron chi connectivity index (χ4n) is 2.26. The fraction of sp³-hybridized carbons (Fsp3) is 0.533. The molecule has 0 saturated carbocycles. The van der Waals surface area contributed by atoms with Crippen molar-refractivity contribution in [3.63, 3.8) is 0 Å². The summed E-state index contributed by atoms with van der Waals surface area (Å²) >= 11 is 1.33. The van der Waals surface area contributed by atoms with Gasteiger partial charge in [0.15, 0.2) is 11.6 Å². The van der Waals surface area contributed by atoms with Crippen molar-refractivity contribution in [1.29, 1.82) is 0 Å². The van der Waals surface area contributed by atoms with Gasteiger partial charge in [-0.05, 0) is 24.8 Å². The molecule has 1 aromatic rings. The molecule has 0 aromatic heterocycles. The zero-order valence-corrected chi connectivity index (χ0v) is 12.4. The zero-order valence-electron chi connectivity index (χ0n) is 11.6. The minimum absolute atomic E-state index is 0.0960. The van der Waals surface area contributed by atoms with Gasteiger partial charge >= 0.3 is 0 Å². The molecule has 1 aromatic carbocycles. The molecule has 0 unspecified atom stereocenters. The van der Waals surface area contributed by atoms with E-state index in [4.69, 9.17) is 0 Å². The van der Waals surface area contributed by atoms with Crippen molar-refractivity contribution < 1.29 is 13.6 Å². The van der Waals surface area contributed by atoms with E-state index < -0.39 is 11.6 Å². The van der Waals surface area contributed by atoms with Crippen molar-refractivity contribution in [1.82, 2.24) is 4.90 Å². The summed E-state index contributed by atoms with van der Waals surface area (Å²) in [4.78, 5) is 13.9. The molecule has 0 N–H and O–H groups in total. The number of hydrogen-bond acceptors (Lipinski definition) is 2. The summed E-state index contributed by atoms with van der Waals surface area (Å²) in [6.07, 6.45) is 2.10. The highest BCUT2D eigenvalue weighted by atomic mass is 32.2. The smallest absolute Gasteiger partial charge is 0.232 e. The Balaban J connectivity index is 1.78. The highest BCUT2D eigenvalue weighted by Gasteiger charge is 2.20. The SMILES string of the molecule is CC1CCN(C(=O)CSCc2cccc(F)c2F)CC1. The van der Waals surface area contributed by atoms with Crippen LogP contribution in [0.1, 0.15) is 25.3 Å². The second-order valence-electron chi connectivity index (χ2n) is 5.27. The van der Waals surface area contributed by atoms with Gasteiger partial charge in [0.1, 0.15) is 0 Å². The van der Waals surface area contributed by atoms with Gasteiger partial charge in [-0.25, -0.2) is 8.78 Å². The highest BCUT2D eigenvalue weighted by molar-refractivity contribution is 7.99. The third kappa shape index (κ3) is 3.95. The number of piperidine rings is 1. The topological polar surface area (TPSA) is 20.3 Å². The molecule has 1 aliphatic rings. The molecule has 1 saturated heterocycles. The Bertz CT molecular complexity index is 473. The van der Waals surface area contributed by atoms with E-state index in [1.54, 1.807) is 6.07 Å². The maximum absolute atomic E-state index is 13.4. The number of rotatable bonds is 4. The van der Waals surface area contributed by atoms with Crippen LogP contribution >= 0.6 is 11.8 Å². The Labute approximate surface area is 122 Å². The second kappa shape index (κ2) is 7.07. The van der Waals surface area contributed by atoms with Gasteiger partial charge in [-0.2, -0.15) is 0 Å². The van der Waals surface area contributed by atoms with Gasteiger partial charge in [-0.15, -0.1) is 11.8 Å². The number of thioether (sulfide) groups is 1. The average Bonchev–Trinajstić information content (AvgIpc) is 2.44. The van der Waals surface area contributed by atoms with Crippen molar-refractivity contribution >= 4 is 17.7 Å². The Morgan fingerprint density at radius 2 is 2.05 bits per heavy atom. The van der Waals surface area contributed by atoms with Gasteiger partial charge in [0.05, 0.1) is 5.75 Å². The van der Waals surface area contributed by atoms with E-state index in [0.717, 1.165) is 32.0 Å². The summed E-state index contributed by atoms with van der Waals surface area (Å²) in [5.41, 5.74) is 0.315. The Hall–Kier alpha value is -1.10. The van der Waals surface area contributed by atoms with Crippen LogP contribution in [0.4, 0.5) is 8.78 Å². The van der Waals surface area contributed by atoms with Crippen LogP contribution in [-0.4, -0.2) is 29.6 Å². The summed E-state index contributed by atoms with van der Waals surface area (Å²) in [5.74, 6) is -0.213. The number of carbonyl (C=O) groups excluding carboxylic acids is 1. The zero-order chi connectivity index (χ0) is 14.5. The normalized spacial score (nSPS) is 16.4. The lowest BCUT2D eigenvalue weighted by atomic mass is 9.99. The van der Waals surface area contributed by atoms with E-state index in [1.165, 1.54) is 17.8 Å². The molecule has 0 aliphatic carbocycles. The van der Waals surface area contributed by atoms with Crippen molar-refractivity contribution in [2.75, 3.05) is 18.8 Å². The van der Waals surface area contributed by atoms with Crippen molar-refractivity contribution in [2.24, 2.45) is 5.92 Å². The predicted octanol–water partition coefficient (Wildman–Crippen LogP) is 3.46. The minimum atomic E-state index is -0.834. The third-order valence-electron chi connectivity index (χ3n) is 3.65. The summed E-state index contributed by atoms with van der Waals surface area (Å²) in [5, 5.41) is 0. The molecule has 1 amide bonds. The predicted molar refractivity (Wildman–Crippen MR) is 77.5 cm³/mol. The van der Waals surface area contributed by atoms with Crippen LogP contribution in [0.2, 0.25) is 0 Å². The molecule has 1 aliphatic heterocycles. The molecule has 1 fully saturated rings. The van der Waals surface area contributed by atoms with Gasteiger partial charge in [-0.3, -0.25) is 4.79 Å².